The zero-order valence-electron chi connectivity index (χ0n) is 13.7. The number of rotatable bonds is 1. The number of piperazine rings is 1. The third-order valence-electron chi connectivity index (χ3n) is 4.02. The van der Waals surface area contributed by atoms with Gasteiger partial charge in [0.1, 0.15) is 0 Å². The zero-order valence-corrected chi connectivity index (χ0v) is 14.5. The van der Waals surface area contributed by atoms with Crippen LogP contribution in [0.1, 0.15) is 20.8 Å². The van der Waals surface area contributed by atoms with E-state index in [9.17, 15) is 4.79 Å². The van der Waals surface area contributed by atoms with E-state index in [0.717, 1.165) is 11.0 Å². The Morgan fingerprint density at radius 1 is 1.04 bits per heavy atom. The molecule has 0 aliphatic carbocycles. The Balaban J connectivity index is 1.78. The van der Waals surface area contributed by atoms with Crippen LogP contribution < -0.4 is 4.90 Å². The fourth-order valence-electron chi connectivity index (χ4n) is 2.77. The maximum Gasteiger partial charge on any atom is 0.228 e. The summed E-state index contributed by atoms with van der Waals surface area (Å²) in [7, 11) is 0. The van der Waals surface area contributed by atoms with E-state index in [1.165, 1.54) is 0 Å². The van der Waals surface area contributed by atoms with Crippen molar-refractivity contribution in [2.45, 2.75) is 20.8 Å². The van der Waals surface area contributed by atoms with Crippen molar-refractivity contribution >= 4 is 34.4 Å². The second kappa shape index (κ2) is 5.96. The van der Waals surface area contributed by atoms with Crippen LogP contribution in [0.15, 0.2) is 24.3 Å². The number of fused-ring (bicyclic) bond motifs is 1. The molecule has 0 bridgehead atoms. The van der Waals surface area contributed by atoms with E-state index < -0.39 is 0 Å². The summed E-state index contributed by atoms with van der Waals surface area (Å²) in [6.07, 6.45) is 0. The van der Waals surface area contributed by atoms with Crippen molar-refractivity contribution in [3.05, 3.63) is 29.4 Å². The average molecular weight is 333 g/mol. The minimum atomic E-state index is -0.345. The van der Waals surface area contributed by atoms with Crippen molar-refractivity contribution in [1.29, 1.82) is 0 Å². The van der Waals surface area contributed by atoms with Crippen molar-refractivity contribution in [3.63, 3.8) is 0 Å². The minimum Gasteiger partial charge on any atom is -0.350 e. The molecule has 1 fully saturated rings. The molecule has 5 nitrogen and oxygen atoms in total. The molecule has 1 saturated heterocycles. The van der Waals surface area contributed by atoms with E-state index in [1.54, 1.807) is 0 Å². The number of aromatic nitrogens is 2. The highest BCUT2D eigenvalue weighted by molar-refractivity contribution is 6.32. The van der Waals surface area contributed by atoms with E-state index in [4.69, 9.17) is 11.6 Å². The van der Waals surface area contributed by atoms with E-state index in [1.807, 2.05) is 49.9 Å². The maximum atomic E-state index is 12.4. The van der Waals surface area contributed by atoms with Crippen molar-refractivity contribution in [3.8, 4) is 0 Å². The smallest absolute Gasteiger partial charge is 0.228 e. The van der Waals surface area contributed by atoms with Crippen molar-refractivity contribution in [2.75, 3.05) is 31.1 Å². The number of benzene rings is 1. The number of hydrogen-bond acceptors (Lipinski definition) is 4. The molecule has 0 N–H and O–H groups in total. The molecule has 1 aromatic heterocycles. The molecule has 23 heavy (non-hydrogen) atoms. The number of nitrogens with zero attached hydrogens (tertiary/aromatic N) is 4. The summed E-state index contributed by atoms with van der Waals surface area (Å²) >= 11 is 6.31. The molecule has 122 valence electrons. The van der Waals surface area contributed by atoms with Crippen LogP contribution in [-0.2, 0) is 4.79 Å². The van der Waals surface area contributed by atoms with Crippen LogP contribution in [0.4, 0.5) is 5.82 Å². The molecule has 0 atom stereocenters. The van der Waals surface area contributed by atoms with Crippen LogP contribution >= 0.6 is 11.6 Å². The summed E-state index contributed by atoms with van der Waals surface area (Å²) in [5.41, 5.74) is 1.28. The van der Waals surface area contributed by atoms with E-state index >= 15 is 0 Å². The summed E-state index contributed by atoms with van der Waals surface area (Å²) in [6.45, 7) is 8.65. The second-order valence-corrected chi connectivity index (χ2v) is 7.21. The molecule has 3 rings (SSSR count). The molecule has 2 heterocycles. The van der Waals surface area contributed by atoms with Gasteiger partial charge in [0, 0.05) is 31.6 Å². The van der Waals surface area contributed by atoms with Crippen molar-refractivity contribution in [1.82, 2.24) is 14.9 Å². The number of carbonyl (C=O) groups excluding carboxylic acids is 1. The summed E-state index contributed by atoms with van der Waals surface area (Å²) in [5, 5.41) is 0.416. The number of carbonyl (C=O) groups is 1. The van der Waals surface area contributed by atoms with Gasteiger partial charge in [0.2, 0.25) is 5.91 Å². The Labute approximate surface area is 141 Å². The number of hydrogen-bond donors (Lipinski definition) is 0. The number of anilines is 1. The van der Waals surface area contributed by atoms with E-state index in [2.05, 4.69) is 14.9 Å². The molecule has 1 aliphatic heterocycles. The molecule has 1 aliphatic rings. The fourth-order valence-corrected chi connectivity index (χ4v) is 3.02. The minimum absolute atomic E-state index is 0.188. The van der Waals surface area contributed by atoms with Crippen LogP contribution in [0.5, 0.6) is 0 Å². The predicted octanol–water partition coefficient (Wildman–Crippen LogP) is 2.98. The Hall–Kier alpha value is -1.88. The molecule has 0 spiro atoms. The van der Waals surface area contributed by atoms with Gasteiger partial charge in [-0.1, -0.05) is 44.5 Å². The van der Waals surface area contributed by atoms with Gasteiger partial charge < -0.3 is 9.80 Å². The molecule has 0 radical (unpaired) electrons. The topological polar surface area (TPSA) is 49.3 Å². The van der Waals surface area contributed by atoms with Gasteiger partial charge in [-0.2, -0.15) is 0 Å². The Kier molecular flexibility index (Phi) is 4.15. The highest BCUT2D eigenvalue weighted by atomic mass is 35.5. The fraction of sp³-hybridized carbons (Fsp3) is 0.471. The molecule has 1 aromatic carbocycles. The first-order valence-corrected chi connectivity index (χ1v) is 8.20. The lowest BCUT2D eigenvalue weighted by Crippen LogP contribution is -2.52. The highest BCUT2D eigenvalue weighted by Gasteiger charge is 2.30. The second-order valence-electron chi connectivity index (χ2n) is 6.86. The first-order chi connectivity index (χ1) is 10.9. The highest BCUT2D eigenvalue weighted by Crippen LogP contribution is 2.26. The Morgan fingerprint density at radius 3 is 2.17 bits per heavy atom. The van der Waals surface area contributed by atoms with Gasteiger partial charge in [0.05, 0.1) is 11.0 Å². The summed E-state index contributed by atoms with van der Waals surface area (Å²) in [4.78, 5) is 25.4. The van der Waals surface area contributed by atoms with Gasteiger partial charge in [0.15, 0.2) is 11.0 Å². The summed E-state index contributed by atoms with van der Waals surface area (Å²) < 4.78 is 0. The summed E-state index contributed by atoms with van der Waals surface area (Å²) in [6, 6.07) is 7.69. The lowest BCUT2D eigenvalue weighted by molar-refractivity contribution is -0.139. The molecular formula is C17H21ClN4O. The number of halogens is 1. The molecular weight excluding hydrogens is 312 g/mol. The van der Waals surface area contributed by atoms with Gasteiger partial charge in [-0.05, 0) is 12.1 Å². The number of para-hydroxylation sites is 2. The number of amides is 1. The molecule has 6 heteroatoms. The van der Waals surface area contributed by atoms with Gasteiger partial charge in [0.25, 0.3) is 0 Å². The zero-order chi connectivity index (χ0) is 16.6. The first-order valence-electron chi connectivity index (χ1n) is 7.83. The van der Waals surface area contributed by atoms with Crippen molar-refractivity contribution in [2.24, 2.45) is 5.41 Å². The van der Waals surface area contributed by atoms with Gasteiger partial charge in [-0.3, -0.25) is 4.79 Å². The van der Waals surface area contributed by atoms with Crippen LogP contribution in [0.25, 0.3) is 11.0 Å². The first kappa shape index (κ1) is 16.0. The summed E-state index contributed by atoms with van der Waals surface area (Å²) in [5.74, 6) is 0.890. The largest absolute Gasteiger partial charge is 0.350 e. The normalized spacial score (nSPS) is 16.0. The van der Waals surface area contributed by atoms with Crippen LogP contribution in [0.3, 0.4) is 0 Å². The maximum absolute atomic E-state index is 12.4. The molecule has 0 unspecified atom stereocenters. The molecule has 1 amide bonds. The lowest BCUT2D eigenvalue weighted by atomic mass is 9.94. The average Bonchev–Trinajstić information content (AvgIpc) is 2.53. The SMILES string of the molecule is CC(C)(C)C(=O)N1CCN(c2nc3ccccc3nc2Cl)CC1. The van der Waals surface area contributed by atoms with Crippen LogP contribution in [0.2, 0.25) is 5.15 Å². The van der Waals surface area contributed by atoms with Gasteiger partial charge in [-0.25, -0.2) is 9.97 Å². The third-order valence-corrected chi connectivity index (χ3v) is 4.27. The monoisotopic (exact) mass is 332 g/mol. The van der Waals surface area contributed by atoms with Gasteiger partial charge in [-0.15, -0.1) is 0 Å². The lowest BCUT2D eigenvalue weighted by Gasteiger charge is -2.38. The van der Waals surface area contributed by atoms with Crippen molar-refractivity contribution < 1.29 is 4.79 Å². The molecule has 2 aromatic rings. The Morgan fingerprint density at radius 2 is 1.61 bits per heavy atom. The van der Waals surface area contributed by atoms with Crippen LogP contribution in [-0.4, -0.2) is 47.0 Å². The third kappa shape index (κ3) is 3.24. The Bertz CT molecular complexity index is 733. The van der Waals surface area contributed by atoms with Gasteiger partial charge >= 0.3 is 0 Å². The van der Waals surface area contributed by atoms with Crippen LogP contribution in [0, 0.1) is 5.41 Å². The predicted molar refractivity (Wildman–Crippen MR) is 92.8 cm³/mol. The quantitative estimate of drug-likeness (QED) is 0.805. The van der Waals surface area contributed by atoms with E-state index in [0.29, 0.717) is 37.1 Å². The molecule has 0 saturated carbocycles. The van der Waals surface area contributed by atoms with E-state index in [-0.39, 0.29) is 11.3 Å². The standard InChI is InChI=1S/C17H21ClN4O/c1-17(2,3)16(23)22-10-8-21(9-11-22)15-14(18)19-12-6-4-5-7-13(12)20-15/h4-7H,8-11H2,1-3H3.